The Morgan fingerprint density at radius 2 is 2.12 bits per heavy atom. The topological polar surface area (TPSA) is 42.4 Å². The maximum Gasteiger partial charge on any atom is 0.120 e. The first-order valence-corrected chi connectivity index (χ1v) is 10.4. The number of aromatic nitrogens is 1. The second-order valence-electron chi connectivity index (χ2n) is 6.38. The van der Waals surface area contributed by atoms with E-state index in [9.17, 15) is 5.11 Å². The van der Waals surface area contributed by atoms with Gasteiger partial charge in [0.05, 0.1) is 9.61 Å². The standard InChI is InChI=1S/C21H23NO2S2/c1-26-20(25)21(17-6-4-13-22-15-17)12-3-2-5-16(21)11-14-24-19-9-7-18(23)8-10-19/h4,6-11,13,15,23H,2-3,5,12,14H2,1H3/b16-11+. The number of phenolic OH excluding ortho intramolecular Hbond substituents is 1. The van der Waals surface area contributed by atoms with Gasteiger partial charge >= 0.3 is 0 Å². The van der Waals surface area contributed by atoms with Gasteiger partial charge in [0.1, 0.15) is 18.1 Å². The van der Waals surface area contributed by atoms with Crippen LogP contribution in [0.3, 0.4) is 0 Å². The van der Waals surface area contributed by atoms with Crippen LogP contribution in [0.25, 0.3) is 0 Å². The molecule has 1 fully saturated rings. The third-order valence-electron chi connectivity index (χ3n) is 4.90. The molecule has 0 amide bonds. The van der Waals surface area contributed by atoms with Crippen molar-refractivity contribution in [2.75, 3.05) is 12.9 Å². The van der Waals surface area contributed by atoms with Crippen molar-refractivity contribution in [2.24, 2.45) is 0 Å². The molecule has 0 saturated heterocycles. The molecule has 1 aliphatic rings. The summed E-state index contributed by atoms with van der Waals surface area (Å²) in [4.78, 5) is 4.34. The van der Waals surface area contributed by atoms with Gasteiger partial charge in [0, 0.05) is 12.4 Å². The quantitative estimate of drug-likeness (QED) is 0.559. The summed E-state index contributed by atoms with van der Waals surface area (Å²) in [5.41, 5.74) is 2.27. The summed E-state index contributed by atoms with van der Waals surface area (Å²) in [7, 11) is 0. The van der Waals surface area contributed by atoms with Gasteiger partial charge in [0.2, 0.25) is 0 Å². The zero-order chi connectivity index (χ0) is 18.4. The van der Waals surface area contributed by atoms with Crippen molar-refractivity contribution in [1.29, 1.82) is 0 Å². The molecular formula is C21H23NO2S2. The van der Waals surface area contributed by atoms with Crippen LogP contribution in [0.2, 0.25) is 0 Å². The van der Waals surface area contributed by atoms with E-state index in [0.717, 1.165) is 29.2 Å². The fourth-order valence-electron chi connectivity index (χ4n) is 3.61. The largest absolute Gasteiger partial charge is 0.508 e. The second kappa shape index (κ2) is 8.69. The minimum atomic E-state index is -0.237. The number of hydrogen-bond donors (Lipinski definition) is 1. The molecule has 1 aromatic carbocycles. The van der Waals surface area contributed by atoms with E-state index in [-0.39, 0.29) is 11.2 Å². The highest BCUT2D eigenvalue weighted by Gasteiger charge is 2.41. The molecule has 3 rings (SSSR count). The number of nitrogens with zero attached hydrogens (tertiary/aromatic N) is 1. The lowest BCUT2D eigenvalue weighted by Crippen LogP contribution is -2.38. The first-order valence-electron chi connectivity index (χ1n) is 8.77. The van der Waals surface area contributed by atoms with Gasteiger partial charge in [0.25, 0.3) is 0 Å². The van der Waals surface area contributed by atoms with E-state index >= 15 is 0 Å². The van der Waals surface area contributed by atoms with Gasteiger partial charge in [-0.05, 0) is 67.5 Å². The number of ether oxygens (including phenoxy) is 1. The Kier molecular flexibility index (Phi) is 6.33. The highest BCUT2D eigenvalue weighted by atomic mass is 32.2. The molecule has 1 N–H and O–H groups in total. The Morgan fingerprint density at radius 1 is 1.31 bits per heavy atom. The number of allylic oxidation sites excluding steroid dienone is 1. The second-order valence-corrected chi connectivity index (χ2v) is 7.86. The van der Waals surface area contributed by atoms with Crippen molar-refractivity contribution in [3.63, 3.8) is 0 Å². The van der Waals surface area contributed by atoms with Gasteiger partial charge in [-0.15, -0.1) is 11.8 Å². The lowest BCUT2D eigenvalue weighted by atomic mass is 9.67. The number of aromatic hydroxyl groups is 1. The van der Waals surface area contributed by atoms with E-state index in [0.29, 0.717) is 6.61 Å². The van der Waals surface area contributed by atoms with Gasteiger partial charge in [-0.25, -0.2) is 0 Å². The number of thioether (sulfide) groups is 1. The molecule has 1 unspecified atom stereocenters. The van der Waals surface area contributed by atoms with Crippen LogP contribution in [0.5, 0.6) is 11.5 Å². The monoisotopic (exact) mass is 385 g/mol. The van der Waals surface area contributed by atoms with Crippen LogP contribution in [0.4, 0.5) is 0 Å². The fraction of sp³-hybridized carbons (Fsp3) is 0.333. The summed E-state index contributed by atoms with van der Waals surface area (Å²) < 4.78 is 6.85. The molecule has 3 nitrogen and oxygen atoms in total. The van der Waals surface area contributed by atoms with E-state index in [1.807, 2.05) is 12.3 Å². The third kappa shape index (κ3) is 3.94. The van der Waals surface area contributed by atoms with Crippen LogP contribution < -0.4 is 4.74 Å². The number of pyridine rings is 1. The minimum absolute atomic E-state index is 0.237. The van der Waals surface area contributed by atoms with Crippen molar-refractivity contribution >= 4 is 28.2 Å². The highest BCUT2D eigenvalue weighted by Crippen LogP contribution is 2.46. The predicted octanol–water partition coefficient (Wildman–Crippen LogP) is 5.29. The Morgan fingerprint density at radius 3 is 2.81 bits per heavy atom. The van der Waals surface area contributed by atoms with Crippen LogP contribution >= 0.6 is 24.0 Å². The van der Waals surface area contributed by atoms with Gasteiger partial charge in [-0.1, -0.05) is 30.3 Å². The number of phenols is 1. The third-order valence-corrected chi connectivity index (χ3v) is 6.47. The van der Waals surface area contributed by atoms with Crippen molar-refractivity contribution in [1.82, 2.24) is 4.98 Å². The van der Waals surface area contributed by atoms with E-state index in [1.54, 1.807) is 42.2 Å². The molecular weight excluding hydrogens is 362 g/mol. The Labute approximate surface area is 164 Å². The highest BCUT2D eigenvalue weighted by molar-refractivity contribution is 8.22. The average Bonchev–Trinajstić information content (AvgIpc) is 2.70. The van der Waals surface area contributed by atoms with Crippen LogP contribution in [-0.4, -0.2) is 27.1 Å². The molecule has 26 heavy (non-hydrogen) atoms. The zero-order valence-corrected chi connectivity index (χ0v) is 16.5. The van der Waals surface area contributed by atoms with Crippen LogP contribution in [0, 0.1) is 0 Å². The molecule has 136 valence electrons. The molecule has 1 aromatic heterocycles. The fourth-order valence-corrected chi connectivity index (χ4v) is 4.66. The van der Waals surface area contributed by atoms with Crippen LogP contribution in [-0.2, 0) is 5.41 Å². The van der Waals surface area contributed by atoms with E-state index in [1.165, 1.54) is 17.6 Å². The summed E-state index contributed by atoms with van der Waals surface area (Å²) >= 11 is 7.48. The molecule has 0 spiro atoms. The molecule has 1 atom stereocenters. The summed E-state index contributed by atoms with van der Waals surface area (Å²) in [6.07, 6.45) is 12.4. The van der Waals surface area contributed by atoms with Gasteiger partial charge < -0.3 is 9.84 Å². The summed E-state index contributed by atoms with van der Waals surface area (Å²) in [5, 5.41) is 9.38. The number of rotatable bonds is 5. The smallest absolute Gasteiger partial charge is 0.120 e. The zero-order valence-electron chi connectivity index (χ0n) is 14.9. The lowest BCUT2D eigenvalue weighted by Gasteiger charge is -2.40. The molecule has 0 aliphatic heterocycles. The normalized spacial score (nSPS) is 21.5. The van der Waals surface area contributed by atoms with Crippen LogP contribution in [0.15, 0.2) is 60.4 Å². The SMILES string of the molecule is CSC(=S)C1(c2cccnc2)CCCC/C1=C\COc1ccc(O)cc1. The maximum absolute atomic E-state index is 9.38. The summed E-state index contributed by atoms with van der Waals surface area (Å²) in [6.45, 7) is 0.485. The van der Waals surface area contributed by atoms with Crippen molar-refractivity contribution < 1.29 is 9.84 Å². The molecule has 0 radical (unpaired) electrons. The van der Waals surface area contributed by atoms with Crippen molar-refractivity contribution in [2.45, 2.75) is 31.1 Å². The molecule has 1 saturated carbocycles. The lowest BCUT2D eigenvalue weighted by molar-refractivity contribution is 0.356. The van der Waals surface area contributed by atoms with E-state index in [2.05, 4.69) is 23.4 Å². The minimum Gasteiger partial charge on any atom is -0.508 e. The van der Waals surface area contributed by atoms with Gasteiger partial charge in [-0.2, -0.15) is 0 Å². The molecule has 2 aromatic rings. The Bertz CT molecular complexity index is 774. The number of benzene rings is 1. The Balaban J connectivity index is 1.88. The maximum atomic E-state index is 9.38. The summed E-state index contributed by atoms with van der Waals surface area (Å²) in [6, 6.07) is 10.9. The molecule has 1 aliphatic carbocycles. The van der Waals surface area contributed by atoms with Gasteiger partial charge in [-0.3, -0.25) is 4.98 Å². The predicted molar refractivity (Wildman–Crippen MR) is 112 cm³/mol. The average molecular weight is 386 g/mol. The number of hydrogen-bond acceptors (Lipinski definition) is 5. The summed E-state index contributed by atoms with van der Waals surface area (Å²) in [5.74, 6) is 0.985. The van der Waals surface area contributed by atoms with E-state index in [4.69, 9.17) is 17.0 Å². The first-order chi connectivity index (χ1) is 12.7. The number of thiocarbonyl (C=S) groups is 1. The van der Waals surface area contributed by atoms with Crippen molar-refractivity contribution in [3.8, 4) is 11.5 Å². The van der Waals surface area contributed by atoms with Crippen molar-refractivity contribution in [3.05, 3.63) is 66.0 Å². The molecule has 0 bridgehead atoms. The van der Waals surface area contributed by atoms with E-state index < -0.39 is 0 Å². The molecule has 1 heterocycles. The molecule has 5 heteroatoms. The first kappa shape index (κ1) is 18.9. The van der Waals surface area contributed by atoms with Gasteiger partial charge in [0.15, 0.2) is 0 Å². The Hall–Kier alpha value is -1.85. The van der Waals surface area contributed by atoms with Crippen LogP contribution in [0.1, 0.15) is 31.2 Å².